The Balaban J connectivity index is 1.77. The number of hydrogen-bond acceptors (Lipinski definition) is 3. The summed E-state index contributed by atoms with van der Waals surface area (Å²) in [5, 5.41) is 3.36. The average Bonchev–Trinajstić information content (AvgIpc) is 2.78. The number of rotatable bonds is 6. The lowest BCUT2D eigenvalue weighted by Gasteiger charge is -2.34. The molecule has 2 fully saturated rings. The van der Waals surface area contributed by atoms with E-state index in [1.54, 1.807) is 0 Å². The summed E-state index contributed by atoms with van der Waals surface area (Å²) < 4.78 is 0. The highest BCUT2D eigenvalue weighted by molar-refractivity contribution is 5.84. The molecule has 2 rings (SSSR count). The van der Waals surface area contributed by atoms with Gasteiger partial charge < -0.3 is 10.2 Å². The standard InChI is InChI=1S/C15H29N3O/c1-3-8-16-14-7-11-18(15(14)19)12-13(2)17-9-5-4-6-10-17/h13-14,16H,3-12H2,1-2H3. The molecule has 1 amide bonds. The summed E-state index contributed by atoms with van der Waals surface area (Å²) in [5.74, 6) is 0.317. The second-order valence-corrected chi connectivity index (χ2v) is 6.03. The van der Waals surface area contributed by atoms with E-state index < -0.39 is 0 Å². The number of nitrogens with one attached hydrogen (secondary N) is 1. The smallest absolute Gasteiger partial charge is 0.239 e. The number of carbonyl (C=O) groups excluding carboxylic acids is 1. The summed E-state index contributed by atoms with van der Waals surface area (Å²) >= 11 is 0. The van der Waals surface area contributed by atoms with E-state index in [1.807, 2.05) is 0 Å². The number of nitrogens with zero attached hydrogens (tertiary/aromatic N) is 2. The molecular weight excluding hydrogens is 238 g/mol. The maximum absolute atomic E-state index is 12.3. The molecule has 2 saturated heterocycles. The SMILES string of the molecule is CCCNC1CCN(CC(C)N2CCCCC2)C1=O. The second-order valence-electron chi connectivity index (χ2n) is 6.03. The van der Waals surface area contributed by atoms with Gasteiger partial charge >= 0.3 is 0 Å². The van der Waals surface area contributed by atoms with Crippen LogP contribution in [0.5, 0.6) is 0 Å². The first-order valence-electron chi connectivity index (χ1n) is 7.98. The number of piperidine rings is 1. The highest BCUT2D eigenvalue weighted by Crippen LogP contribution is 2.16. The molecule has 0 radical (unpaired) electrons. The van der Waals surface area contributed by atoms with E-state index in [-0.39, 0.29) is 6.04 Å². The Kier molecular flexibility index (Phi) is 5.64. The summed E-state index contributed by atoms with van der Waals surface area (Å²) in [6, 6.07) is 0.586. The minimum Gasteiger partial charge on any atom is -0.340 e. The van der Waals surface area contributed by atoms with Crippen LogP contribution in [-0.2, 0) is 4.79 Å². The van der Waals surface area contributed by atoms with Gasteiger partial charge in [-0.2, -0.15) is 0 Å². The molecule has 0 saturated carbocycles. The Hall–Kier alpha value is -0.610. The van der Waals surface area contributed by atoms with Crippen LogP contribution in [0.3, 0.4) is 0 Å². The van der Waals surface area contributed by atoms with Crippen LogP contribution in [0.2, 0.25) is 0 Å². The molecule has 2 atom stereocenters. The normalized spacial score (nSPS) is 26.9. The number of hydrogen-bond donors (Lipinski definition) is 1. The van der Waals surface area contributed by atoms with Crippen molar-refractivity contribution in [1.29, 1.82) is 0 Å². The predicted molar refractivity (Wildman–Crippen MR) is 78.2 cm³/mol. The number of carbonyl (C=O) groups is 1. The summed E-state index contributed by atoms with van der Waals surface area (Å²) in [6.07, 6.45) is 6.08. The van der Waals surface area contributed by atoms with Crippen LogP contribution in [-0.4, -0.2) is 60.5 Å². The fourth-order valence-corrected chi connectivity index (χ4v) is 3.22. The van der Waals surface area contributed by atoms with Crippen LogP contribution in [0.15, 0.2) is 0 Å². The molecule has 2 aliphatic rings. The second kappa shape index (κ2) is 7.25. The first kappa shape index (κ1) is 14.8. The molecule has 2 aliphatic heterocycles. The van der Waals surface area contributed by atoms with Crippen molar-refractivity contribution in [2.24, 2.45) is 0 Å². The minimum absolute atomic E-state index is 0.0773. The van der Waals surface area contributed by atoms with Gasteiger partial charge in [-0.05, 0) is 52.2 Å². The Morgan fingerprint density at radius 3 is 2.68 bits per heavy atom. The van der Waals surface area contributed by atoms with Gasteiger partial charge in [0.05, 0.1) is 6.04 Å². The molecule has 1 N–H and O–H groups in total. The van der Waals surface area contributed by atoms with E-state index >= 15 is 0 Å². The highest BCUT2D eigenvalue weighted by Gasteiger charge is 2.32. The lowest BCUT2D eigenvalue weighted by molar-refractivity contribution is -0.130. The van der Waals surface area contributed by atoms with Gasteiger partial charge in [0, 0.05) is 19.1 Å². The van der Waals surface area contributed by atoms with E-state index in [0.29, 0.717) is 11.9 Å². The molecule has 0 aliphatic carbocycles. The van der Waals surface area contributed by atoms with Gasteiger partial charge in [0.15, 0.2) is 0 Å². The van der Waals surface area contributed by atoms with Crippen LogP contribution >= 0.6 is 0 Å². The van der Waals surface area contributed by atoms with Crippen molar-refractivity contribution >= 4 is 5.91 Å². The molecule has 4 nitrogen and oxygen atoms in total. The maximum Gasteiger partial charge on any atom is 0.239 e. The third-order valence-electron chi connectivity index (χ3n) is 4.44. The molecule has 110 valence electrons. The molecule has 0 aromatic carbocycles. The van der Waals surface area contributed by atoms with Gasteiger partial charge in [0.1, 0.15) is 0 Å². The molecule has 19 heavy (non-hydrogen) atoms. The van der Waals surface area contributed by atoms with Crippen molar-refractivity contribution in [2.75, 3.05) is 32.7 Å². The third-order valence-corrected chi connectivity index (χ3v) is 4.44. The van der Waals surface area contributed by atoms with Gasteiger partial charge in [0.2, 0.25) is 5.91 Å². The first-order valence-corrected chi connectivity index (χ1v) is 7.98. The van der Waals surface area contributed by atoms with Gasteiger partial charge in [0.25, 0.3) is 0 Å². The molecule has 0 aromatic heterocycles. The fraction of sp³-hybridized carbons (Fsp3) is 0.933. The van der Waals surface area contributed by atoms with Crippen molar-refractivity contribution in [3.8, 4) is 0 Å². The zero-order chi connectivity index (χ0) is 13.7. The molecule has 4 heteroatoms. The Bertz CT molecular complexity index is 289. The van der Waals surface area contributed by atoms with Crippen molar-refractivity contribution < 1.29 is 4.79 Å². The van der Waals surface area contributed by atoms with E-state index in [0.717, 1.165) is 32.5 Å². The third kappa shape index (κ3) is 3.93. The van der Waals surface area contributed by atoms with E-state index in [1.165, 1.54) is 32.4 Å². The fourth-order valence-electron chi connectivity index (χ4n) is 3.22. The van der Waals surface area contributed by atoms with E-state index in [2.05, 4.69) is 29.0 Å². The summed E-state index contributed by atoms with van der Waals surface area (Å²) in [7, 11) is 0. The largest absolute Gasteiger partial charge is 0.340 e. The van der Waals surface area contributed by atoms with Crippen LogP contribution in [0.1, 0.15) is 46.0 Å². The molecule has 0 bridgehead atoms. The van der Waals surface area contributed by atoms with Crippen LogP contribution in [0.25, 0.3) is 0 Å². The summed E-state index contributed by atoms with van der Waals surface area (Å²) in [6.45, 7) is 9.61. The molecular formula is C15H29N3O. The molecule has 0 aromatic rings. The van der Waals surface area contributed by atoms with Crippen molar-refractivity contribution in [3.63, 3.8) is 0 Å². The number of amides is 1. The highest BCUT2D eigenvalue weighted by atomic mass is 16.2. The van der Waals surface area contributed by atoms with Gasteiger partial charge in [-0.3, -0.25) is 9.69 Å². The van der Waals surface area contributed by atoms with Crippen LogP contribution in [0.4, 0.5) is 0 Å². The Morgan fingerprint density at radius 2 is 2.00 bits per heavy atom. The zero-order valence-corrected chi connectivity index (χ0v) is 12.5. The lowest BCUT2D eigenvalue weighted by Crippen LogP contribution is -2.46. The maximum atomic E-state index is 12.3. The monoisotopic (exact) mass is 267 g/mol. The molecule has 0 spiro atoms. The van der Waals surface area contributed by atoms with Crippen molar-refractivity contribution in [2.45, 2.75) is 58.0 Å². The zero-order valence-electron chi connectivity index (χ0n) is 12.5. The Morgan fingerprint density at radius 1 is 1.26 bits per heavy atom. The topological polar surface area (TPSA) is 35.6 Å². The average molecular weight is 267 g/mol. The van der Waals surface area contributed by atoms with Gasteiger partial charge in [-0.25, -0.2) is 0 Å². The molecule has 2 heterocycles. The summed E-state index contributed by atoms with van der Waals surface area (Å²) in [5.41, 5.74) is 0. The molecule has 2 unspecified atom stereocenters. The minimum atomic E-state index is 0.0773. The summed E-state index contributed by atoms with van der Waals surface area (Å²) in [4.78, 5) is 16.9. The first-order chi connectivity index (χ1) is 9.22. The van der Waals surface area contributed by atoms with E-state index in [4.69, 9.17) is 0 Å². The van der Waals surface area contributed by atoms with Gasteiger partial charge in [-0.15, -0.1) is 0 Å². The van der Waals surface area contributed by atoms with Crippen molar-refractivity contribution in [1.82, 2.24) is 15.1 Å². The van der Waals surface area contributed by atoms with Crippen molar-refractivity contribution in [3.05, 3.63) is 0 Å². The number of likely N-dealkylation sites (tertiary alicyclic amines) is 2. The quantitative estimate of drug-likeness (QED) is 0.791. The lowest BCUT2D eigenvalue weighted by atomic mass is 10.1. The van der Waals surface area contributed by atoms with Gasteiger partial charge in [-0.1, -0.05) is 13.3 Å². The van der Waals surface area contributed by atoms with Crippen LogP contribution < -0.4 is 5.32 Å². The Labute approximate surface area is 117 Å². The van der Waals surface area contributed by atoms with Crippen LogP contribution in [0, 0.1) is 0 Å². The predicted octanol–water partition coefficient (Wildman–Crippen LogP) is 1.46. The van der Waals surface area contributed by atoms with E-state index in [9.17, 15) is 4.79 Å².